The molecule has 110 valence electrons. The van der Waals surface area contributed by atoms with E-state index in [2.05, 4.69) is 4.98 Å². The predicted octanol–water partition coefficient (Wildman–Crippen LogP) is 3.32. The SMILES string of the molecule is CCOC(=O)c1cc2cccc[n+]2c(-c2ccc(Cl)cc2)n1. The monoisotopic (exact) mass is 313 g/mol. The van der Waals surface area contributed by atoms with Crippen molar-refractivity contribution >= 4 is 23.1 Å². The van der Waals surface area contributed by atoms with Crippen LogP contribution in [0.1, 0.15) is 17.4 Å². The molecule has 0 N–H and O–H groups in total. The highest BCUT2D eigenvalue weighted by Crippen LogP contribution is 2.18. The van der Waals surface area contributed by atoms with Crippen LogP contribution in [0.4, 0.5) is 0 Å². The molecule has 4 nitrogen and oxygen atoms in total. The number of aromatic nitrogens is 2. The fourth-order valence-electron chi connectivity index (χ4n) is 2.22. The number of hydrogen-bond donors (Lipinski definition) is 0. The van der Waals surface area contributed by atoms with Gasteiger partial charge in [0, 0.05) is 11.1 Å². The maximum absolute atomic E-state index is 12.0. The second kappa shape index (κ2) is 6.12. The number of carbonyl (C=O) groups excluding carboxylic acids is 1. The first-order valence-corrected chi connectivity index (χ1v) is 7.31. The average Bonchev–Trinajstić information content (AvgIpc) is 2.55. The van der Waals surface area contributed by atoms with Crippen molar-refractivity contribution in [3.05, 3.63) is 65.4 Å². The molecule has 0 aliphatic rings. The summed E-state index contributed by atoms with van der Waals surface area (Å²) in [4.78, 5) is 16.5. The van der Waals surface area contributed by atoms with Crippen molar-refractivity contribution in [1.82, 2.24) is 4.98 Å². The minimum Gasteiger partial charge on any atom is -0.460 e. The molecule has 0 radical (unpaired) electrons. The number of rotatable bonds is 3. The average molecular weight is 314 g/mol. The maximum atomic E-state index is 12.0. The first kappa shape index (κ1) is 14.5. The number of benzene rings is 1. The molecule has 2 heterocycles. The minimum absolute atomic E-state index is 0.290. The van der Waals surface area contributed by atoms with Gasteiger partial charge in [-0.3, -0.25) is 0 Å². The van der Waals surface area contributed by atoms with E-state index in [4.69, 9.17) is 16.3 Å². The Hall–Kier alpha value is -2.46. The number of carbonyl (C=O) groups is 1. The van der Waals surface area contributed by atoms with E-state index < -0.39 is 5.97 Å². The normalized spacial score (nSPS) is 10.6. The van der Waals surface area contributed by atoms with Gasteiger partial charge in [-0.1, -0.05) is 17.7 Å². The molecular formula is C17H14ClN2O2+. The van der Waals surface area contributed by atoms with Gasteiger partial charge in [-0.2, -0.15) is 4.40 Å². The zero-order valence-corrected chi connectivity index (χ0v) is 12.7. The largest absolute Gasteiger partial charge is 0.460 e. The lowest BCUT2D eigenvalue weighted by Crippen LogP contribution is -2.27. The van der Waals surface area contributed by atoms with Gasteiger partial charge in [0.15, 0.2) is 0 Å². The highest BCUT2D eigenvalue weighted by molar-refractivity contribution is 6.30. The molecule has 0 spiro atoms. The molecule has 3 rings (SSSR count). The van der Waals surface area contributed by atoms with Crippen molar-refractivity contribution in [3.63, 3.8) is 0 Å². The van der Waals surface area contributed by atoms with Crippen molar-refractivity contribution in [2.75, 3.05) is 6.61 Å². The summed E-state index contributed by atoms with van der Waals surface area (Å²) in [6, 6.07) is 14.8. The van der Waals surface area contributed by atoms with Gasteiger partial charge in [0.05, 0.1) is 18.4 Å². The fraction of sp³-hybridized carbons (Fsp3) is 0.118. The molecule has 0 aliphatic carbocycles. The summed E-state index contributed by atoms with van der Waals surface area (Å²) in [6.45, 7) is 2.09. The molecule has 0 fully saturated rings. The molecule has 0 unspecified atom stereocenters. The second-order valence-corrected chi connectivity index (χ2v) is 5.12. The lowest BCUT2D eigenvalue weighted by Gasteiger charge is -2.03. The van der Waals surface area contributed by atoms with Gasteiger partial charge in [0.25, 0.3) is 5.69 Å². The Labute approximate surface area is 133 Å². The van der Waals surface area contributed by atoms with Gasteiger partial charge in [0.2, 0.25) is 0 Å². The number of pyridine rings is 1. The third-order valence-corrected chi connectivity index (χ3v) is 3.47. The number of esters is 1. The Morgan fingerprint density at radius 1 is 1.23 bits per heavy atom. The predicted molar refractivity (Wildman–Crippen MR) is 83.8 cm³/mol. The lowest BCUT2D eigenvalue weighted by atomic mass is 10.2. The summed E-state index contributed by atoms with van der Waals surface area (Å²) in [6.07, 6.45) is 1.90. The number of nitrogens with zero attached hydrogens (tertiary/aromatic N) is 2. The Kier molecular flexibility index (Phi) is 4.02. The summed E-state index contributed by atoms with van der Waals surface area (Å²) in [7, 11) is 0. The van der Waals surface area contributed by atoms with E-state index >= 15 is 0 Å². The van der Waals surface area contributed by atoms with Gasteiger partial charge in [-0.15, -0.1) is 0 Å². The molecule has 3 aromatic rings. The summed E-state index contributed by atoms with van der Waals surface area (Å²) in [5.74, 6) is 0.238. The Morgan fingerprint density at radius 2 is 2.00 bits per heavy atom. The molecule has 5 heteroatoms. The zero-order valence-electron chi connectivity index (χ0n) is 12.0. The zero-order chi connectivity index (χ0) is 15.5. The molecule has 0 amide bonds. The number of fused-ring (bicyclic) bond motifs is 1. The van der Waals surface area contributed by atoms with E-state index in [1.165, 1.54) is 0 Å². The van der Waals surface area contributed by atoms with Crippen molar-refractivity contribution in [2.24, 2.45) is 0 Å². The van der Waals surface area contributed by atoms with Crippen LogP contribution in [0.3, 0.4) is 0 Å². The van der Waals surface area contributed by atoms with Gasteiger partial charge >= 0.3 is 11.8 Å². The van der Waals surface area contributed by atoms with E-state index in [0.717, 1.165) is 11.1 Å². The van der Waals surface area contributed by atoms with Gasteiger partial charge in [-0.25, -0.2) is 4.79 Å². The first-order chi connectivity index (χ1) is 10.7. The smallest absolute Gasteiger partial charge is 0.383 e. The standard InChI is InChI=1S/C17H14ClN2O2/c1-2-22-17(21)15-11-14-5-3-4-10-20(14)16(19-15)12-6-8-13(18)9-7-12/h3-11H,2H2,1H3/q+1. The molecule has 0 aliphatic heterocycles. The van der Waals surface area contributed by atoms with E-state index in [-0.39, 0.29) is 5.69 Å². The third kappa shape index (κ3) is 2.78. The molecule has 0 saturated heterocycles. The Morgan fingerprint density at radius 3 is 2.73 bits per heavy atom. The number of halogens is 1. The van der Waals surface area contributed by atoms with Crippen LogP contribution in [0.2, 0.25) is 5.02 Å². The van der Waals surface area contributed by atoms with Crippen LogP contribution in [-0.2, 0) is 4.74 Å². The van der Waals surface area contributed by atoms with Crippen LogP contribution < -0.4 is 4.40 Å². The van der Waals surface area contributed by atoms with Gasteiger partial charge < -0.3 is 4.74 Å². The van der Waals surface area contributed by atoms with Crippen molar-refractivity contribution in [2.45, 2.75) is 6.92 Å². The van der Waals surface area contributed by atoms with Gasteiger partial charge in [0.1, 0.15) is 5.52 Å². The third-order valence-electron chi connectivity index (χ3n) is 3.22. The fourth-order valence-corrected chi connectivity index (χ4v) is 2.35. The highest BCUT2D eigenvalue weighted by atomic mass is 35.5. The maximum Gasteiger partial charge on any atom is 0.383 e. The quantitative estimate of drug-likeness (QED) is 0.550. The molecule has 0 atom stereocenters. The first-order valence-electron chi connectivity index (χ1n) is 6.93. The Balaban J connectivity index is 2.22. The van der Waals surface area contributed by atoms with Crippen LogP contribution in [-0.4, -0.2) is 17.6 Å². The summed E-state index contributed by atoms with van der Waals surface area (Å²) in [5, 5.41) is 0.652. The lowest BCUT2D eigenvalue weighted by molar-refractivity contribution is -0.503. The highest BCUT2D eigenvalue weighted by Gasteiger charge is 2.22. The van der Waals surface area contributed by atoms with E-state index in [1.807, 2.05) is 40.9 Å². The molecule has 2 aromatic heterocycles. The van der Waals surface area contributed by atoms with Crippen molar-refractivity contribution < 1.29 is 13.9 Å². The molecule has 0 saturated carbocycles. The molecule has 1 aromatic carbocycles. The molecular weight excluding hydrogens is 300 g/mol. The Bertz CT molecular complexity index is 832. The number of ether oxygens (including phenoxy) is 1. The van der Waals surface area contributed by atoms with Crippen LogP contribution in [0, 0.1) is 0 Å². The number of hydrogen-bond acceptors (Lipinski definition) is 3. The van der Waals surface area contributed by atoms with E-state index in [1.54, 1.807) is 25.1 Å². The molecule has 22 heavy (non-hydrogen) atoms. The summed E-state index contributed by atoms with van der Waals surface area (Å²) in [5.41, 5.74) is 2.03. The van der Waals surface area contributed by atoms with Gasteiger partial charge in [-0.05, 0) is 48.3 Å². The minimum atomic E-state index is -0.427. The molecule has 0 bridgehead atoms. The van der Waals surface area contributed by atoms with Crippen molar-refractivity contribution in [1.29, 1.82) is 0 Å². The van der Waals surface area contributed by atoms with E-state index in [0.29, 0.717) is 17.5 Å². The van der Waals surface area contributed by atoms with Crippen LogP contribution >= 0.6 is 11.6 Å². The van der Waals surface area contributed by atoms with E-state index in [9.17, 15) is 4.79 Å². The van der Waals surface area contributed by atoms with Crippen molar-refractivity contribution in [3.8, 4) is 11.4 Å². The van der Waals surface area contributed by atoms with Crippen LogP contribution in [0.15, 0.2) is 54.7 Å². The summed E-state index contributed by atoms with van der Waals surface area (Å²) >= 11 is 5.94. The second-order valence-electron chi connectivity index (χ2n) is 4.69. The summed E-state index contributed by atoms with van der Waals surface area (Å²) < 4.78 is 6.98. The van der Waals surface area contributed by atoms with Crippen LogP contribution in [0.5, 0.6) is 0 Å². The van der Waals surface area contributed by atoms with Crippen LogP contribution in [0.25, 0.3) is 16.9 Å². The topological polar surface area (TPSA) is 43.3 Å².